The van der Waals surface area contributed by atoms with Crippen LogP contribution in [0.25, 0.3) is 0 Å². The molecule has 0 fully saturated rings. The Morgan fingerprint density at radius 3 is 2.50 bits per heavy atom. The zero-order chi connectivity index (χ0) is 19.8. The summed E-state index contributed by atoms with van der Waals surface area (Å²) in [5, 5.41) is 2.96. The number of rotatable bonds is 8. The molecule has 0 saturated heterocycles. The quantitative estimate of drug-likeness (QED) is 0.699. The van der Waals surface area contributed by atoms with Crippen molar-refractivity contribution < 1.29 is 19.1 Å². The molecule has 5 nitrogen and oxygen atoms in total. The van der Waals surface area contributed by atoms with Crippen molar-refractivity contribution >= 4 is 11.7 Å². The lowest BCUT2D eigenvalue weighted by Crippen LogP contribution is -2.28. The second-order valence-corrected chi connectivity index (χ2v) is 6.96. The summed E-state index contributed by atoms with van der Waals surface area (Å²) in [6.07, 6.45) is 2.12. The van der Waals surface area contributed by atoms with Crippen molar-refractivity contribution in [3.63, 3.8) is 0 Å². The number of hydrogen-bond donors (Lipinski definition) is 1. The van der Waals surface area contributed by atoms with Crippen LogP contribution in [0.15, 0.2) is 48.5 Å². The predicted octanol–water partition coefficient (Wildman–Crippen LogP) is 4.12. The molecule has 3 rings (SSSR count). The maximum atomic E-state index is 12.5. The van der Waals surface area contributed by atoms with E-state index in [0.29, 0.717) is 36.8 Å². The molecule has 0 aromatic heterocycles. The molecule has 1 unspecified atom stereocenters. The average Bonchev–Trinajstić information content (AvgIpc) is 2.98. The number of benzene rings is 2. The number of hydrogen-bond acceptors (Lipinski definition) is 4. The number of ether oxygens (including phenoxy) is 2. The fourth-order valence-corrected chi connectivity index (χ4v) is 3.26. The van der Waals surface area contributed by atoms with Crippen molar-refractivity contribution in [2.75, 3.05) is 19.8 Å². The van der Waals surface area contributed by atoms with Crippen LogP contribution in [-0.2, 0) is 4.79 Å². The first-order valence-corrected chi connectivity index (χ1v) is 9.92. The molecular formula is C23H27NO4. The van der Waals surface area contributed by atoms with Gasteiger partial charge in [-0.25, -0.2) is 0 Å². The highest BCUT2D eigenvalue weighted by Gasteiger charge is 2.16. The second-order valence-electron chi connectivity index (χ2n) is 6.96. The minimum atomic E-state index is -0.0999. The van der Waals surface area contributed by atoms with Gasteiger partial charge in [0.2, 0.25) is 5.91 Å². The number of ketones is 1. The van der Waals surface area contributed by atoms with Gasteiger partial charge >= 0.3 is 0 Å². The first-order valence-electron chi connectivity index (χ1n) is 9.92. The van der Waals surface area contributed by atoms with Gasteiger partial charge in [-0.2, -0.15) is 0 Å². The normalized spacial score (nSPS) is 14.0. The Morgan fingerprint density at radius 1 is 1.00 bits per heavy atom. The molecule has 148 valence electrons. The van der Waals surface area contributed by atoms with Gasteiger partial charge in [-0.15, -0.1) is 0 Å². The van der Waals surface area contributed by atoms with Crippen LogP contribution in [0.4, 0.5) is 0 Å². The maximum absolute atomic E-state index is 12.5. The number of nitrogens with one attached hydrogen (secondary N) is 1. The minimum Gasteiger partial charge on any atom is -0.490 e. The van der Waals surface area contributed by atoms with Gasteiger partial charge in [0.25, 0.3) is 0 Å². The number of fused-ring (bicyclic) bond motifs is 1. The molecule has 1 atom stereocenters. The summed E-state index contributed by atoms with van der Waals surface area (Å²) in [5.74, 6) is 1.38. The van der Waals surface area contributed by atoms with E-state index < -0.39 is 0 Å². The number of carbonyl (C=O) groups is 2. The smallest absolute Gasteiger partial charge is 0.220 e. The Hall–Kier alpha value is -2.82. The van der Waals surface area contributed by atoms with Crippen LogP contribution < -0.4 is 14.8 Å². The van der Waals surface area contributed by atoms with E-state index in [1.807, 2.05) is 18.2 Å². The molecule has 0 saturated carbocycles. The van der Waals surface area contributed by atoms with E-state index in [2.05, 4.69) is 24.4 Å². The van der Waals surface area contributed by atoms with Crippen LogP contribution in [0, 0.1) is 0 Å². The van der Waals surface area contributed by atoms with E-state index in [0.717, 1.165) is 12.8 Å². The SMILES string of the molecule is CCC(CNC(=O)CCC(=O)c1ccc2c(c1)OCCCO2)c1ccccc1. The van der Waals surface area contributed by atoms with E-state index in [1.54, 1.807) is 18.2 Å². The first-order chi connectivity index (χ1) is 13.7. The van der Waals surface area contributed by atoms with E-state index in [-0.39, 0.29) is 30.4 Å². The van der Waals surface area contributed by atoms with Crippen LogP contribution >= 0.6 is 0 Å². The Morgan fingerprint density at radius 2 is 1.75 bits per heavy atom. The zero-order valence-corrected chi connectivity index (χ0v) is 16.3. The van der Waals surface area contributed by atoms with Gasteiger partial charge in [0.15, 0.2) is 17.3 Å². The largest absolute Gasteiger partial charge is 0.490 e. The van der Waals surface area contributed by atoms with Crippen LogP contribution in [0.3, 0.4) is 0 Å². The molecule has 2 aromatic carbocycles. The fourth-order valence-electron chi connectivity index (χ4n) is 3.26. The van der Waals surface area contributed by atoms with E-state index in [1.165, 1.54) is 5.56 Å². The van der Waals surface area contributed by atoms with Crippen LogP contribution in [-0.4, -0.2) is 31.4 Å². The first kappa shape index (κ1) is 19.9. The Kier molecular flexibility index (Phi) is 7.06. The van der Waals surface area contributed by atoms with Gasteiger partial charge in [-0.1, -0.05) is 37.3 Å². The number of amides is 1. The van der Waals surface area contributed by atoms with Crippen LogP contribution in [0.1, 0.15) is 54.4 Å². The monoisotopic (exact) mass is 381 g/mol. The Labute approximate surface area is 166 Å². The average molecular weight is 381 g/mol. The summed E-state index contributed by atoms with van der Waals surface area (Å²) in [7, 11) is 0. The van der Waals surface area contributed by atoms with E-state index in [4.69, 9.17) is 9.47 Å². The lowest BCUT2D eigenvalue weighted by molar-refractivity contribution is -0.121. The van der Waals surface area contributed by atoms with Gasteiger partial charge in [-0.3, -0.25) is 9.59 Å². The summed E-state index contributed by atoms with van der Waals surface area (Å²) in [6, 6.07) is 15.4. The second kappa shape index (κ2) is 9.93. The van der Waals surface area contributed by atoms with Crippen molar-refractivity contribution in [1.82, 2.24) is 5.32 Å². The third-order valence-electron chi connectivity index (χ3n) is 4.96. The summed E-state index contributed by atoms with van der Waals surface area (Å²) in [4.78, 5) is 24.7. The highest BCUT2D eigenvalue weighted by atomic mass is 16.5. The van der Waals surface area contributed by atoms with Gasteiger partial charge in [0.05, 0.1) is 13.2 Å². The van der Waals surface area contributed by atoms with Crippen molar-refractivity contribution in [3.05, 3.63) is 59.7 Å². The Balaban J connectivity index is 1.49. The third-order valence-corrected chi connectivity index (χ3v) is 4.96. The van der Waals surface area contributed by atoms with Crippen molar-refractivity contribution in [2.24, 2.45) is 0 Å². The molecule has 0 bridgehead atoms. The van der Waals surface area contributed by atoms with Crippen LogP contribution in [0.5, 0.6) is 11.5 Å². The third kappa shape index (κ3) is 5.35. The standard InChI is InChI=1S/C23H27NO4/c1-2-17(18-7-4-3-5-8-18)16-24-23(26)12-10-20(25)19-9-11-21-22(15-19)28-14-6-13-27-21/h3-5,7-9,11,15,17H,2,6,10,12-14,16H2,1H3,(H,24,26). The van der Waals surface area contributed by atoms with Gasteiger partial charge in [0.1, 0.15) is 0 Å². The number of carbonyl (C=O) groups excluding carboxylic acids is 2. The molecule has 0 spiro atoms. The summed E-state index contributed by atoms with van der Waals surface area (Å²) in [5.41, 5.74) is 1.77. The van der Waals surface area contributed by atoms with Gasteiger partial charge in [0, 0.05) is 37.3 Å². The van der Waals surface area contributed by atoms with Gasteiger partial charge in [-0.05, 0) is 30.2 Å². The molecule has 2 aromatic rings. The molecule has 5 heteroatoms. The maximum Gasteiger partial charge on any atom is 0.220 e. The number of Topliss-reactive ketones (excluding diaryl/α,β-unsaturated/α-hetero) is 1. The summed E-state index contributed by atoms with van der Waals surface area (Å²) >= 11 is 0. The van der Waals surface area contributed by atoms with E-state index in [9.17, 15) is 9.59 Å². The van der Waals surface area contributed by atoms with Crippen molar-refractivity contribution in [1.29, 1.82) is 0 Å². The molecular weight excluding hydrogens is 354 g/mol. The zero-order valence-electron chi connectivity index (χ0n) is 16.3. The van der Waals surface area contributed by atoms with Crippen molar-refractivity contribution in [3.8, 4) is 11.5 Å². The topological polar surface area (TPSA) is 64.6 Å². The summed E-state index contributed by atoms with van der Waals surface area (Å²) in [6.45, 7) is 3.88. The lowest BCUT2D eigenvalue weighted by atomic mass is 9.96. The molecule has 1 heterocycles. The lowest BCUT2D eigenvalue weighted by Gasteiger charge is -2.16. The molecule has 1 aliphatic heterocycles. The molecule has 28 heavy (non-hydrogen) atoms. The van der Waals surface area contributed by atoms with Crippen LogP contribution in [0.2, 0.25) is 0 Å². The molecule has 1 aliphatic rings. The van der Waals surface area contributed by atoms with E-state index >= 15 is 0 Å². The molecule has 1 N–H and O–H groups in total. The predicted molar refractivity (Wildman–Crippen MR) is 108 cm³/mol. The minimum absolute atomic E-state index is 0.0686. The highest BCUT2D eigenvalue weighted by molar-refractivity contribution is 5.98. The molecule has 1 amide bonds. The highest BCUT2D eigenvalue weighted by Crippen LogP contribution is 2.30. The Bertz CT molecular complexity index is 804. The molecule has 0 radical (unpaired) electrons. The van der Waals surface area contributed by atoms with Gasteiger partial charge < -0.3 is 14.8 Å². The fraction of sp³-hybridized carbons (Fsp3) is 0.391. The van der Waals surface area contributed by atoms with Crippen molar-refractivity contribution in [2.45, 2.75) is 38.5 Å². The summed E-state index contributed by atoms with van der Waals surface area (Å²) < 4.78 is 11.2. The molecule has 0 aliphatic carbocycles.